The van der Waals surface area contributed by atoms with Crippen molar-refractivity contribution in [1.29, 1.82) is 0 Å². The molecule has 2 aromatic carbocycles. The molecule has 1 aliphatic heterocycles. The smallest absolute Gasteiger partial charge is 0.326 e. The minimum Gasteiger partial charge on any atom is -0.496 e. The lowest BCUT2D eigenvalue weighted by atomic mass is 9.92. The van der Waals surface area contributed by atoms with Crippen LogP contribution < -0.4 is 10.1 Å². The molecule has 8 nitrogen and oxygen atoms in total. The van der Waals surface area contributed by atoms with E-state index in [4.69, 9.17) is 9.47 Å². The molecule has 1 aliphatic rings. The average molecular weight is 396 g/mol. The summed E-state index contributed by atoms with van der Waals surface area (Å²) >= 11 is 0. The summed E-state index contributed by atoms with van der Waals surface area (Å²) in [6.45, 7) is 0.449. The topological polar surface area (TPSA) is 102 Å². The monoisotopic (exact) mass is 396 g/mol. The van der Waals surface area contributed by atoms with Gasteiger partial charge in [0.2, 0.25) is 5.78 Å². The summed E-state index contributed by atoms with van der Waals surface area (Å²) in [5.74, 6) is -1.53. The Kier molecular flexibility index (Phi) is 5.63. The van der Waals surface area contributed by atoms with Crippen LogP contribution in [-0.4, -0.2) is 48.9 Å². The molecule has 0 spiro atoms. The molecule has 0 bridgehead atoms. The molecule has 1 atom stereocenters. The van der Waals surface area contributed by atoms with Crippen LogP contribution in [0.1, 0.15) is 22.8 Å². The predicted molar refractivity (Wildman–Crippen MR) is 102 cm³/mol. The highest BCUT2D eigenvalue weighted by atomic mass is 16.5. The van der Waals surface area contributed by atoms with Crippen molar-refractivity contribution in [3.8, 4) is 5.75 Å². The number of carbonyl (C=O) groups excluding carboxylic acids is 4. The van der Waals surface area contributed by atoms with E-state index in [9.17, 15) is 19.2 Å². The number of carbonyl (C=O) groups is 4. The summed E-state index contributed by atoms with van der Waals surface area (Å²) in [7, 11) is 1.43. The Bertz CT molecular complexity index is 959. The Balaban J connectivity index is 1.63. The van der Waals surface area contributed by atoms with Crippen molar-refractivity contribution >= 4 is 23.7 Å². The molecule has 1 saturated heterocycles. The molecule has 150 valence electrons. The maximum atomic E-state index is 12.8. The molecule has 1 fully saturated rings. The summed E-state index contributed by atoms with van der Waals surface area (Å²) in [6, 6.07) is 14.6. The number of benzene rings is 2. The molecule has 2 aromatic rings. The van der Waals surface area contributed by atoms with Crippen molar-refractivity contribution in [3.05, 3.63) is 65.7 Å². The lowest BCUT2D eigenvalue weighted by Crippen LogP contribution is -2.41. The molecule has 0 saturated carbocycles. The van der Waals surface area contributed by atoms with Crippen molar-refractivity contribution in [2.24, 2.45) is 0 Å². The summed E-state index contributed by atoms with van der Waals surface area (Å²) < 4.78 is 10.1. The fraction of sp³-hybridized carbons (Fsp3) is 0.238. The zero-order valence-electron chi connectivity index (χ0n) is 16.0. The fourth-order valence-corrected chi connectivity index (χ4v) is 3.08. The van der Waals surface area contributed by atoms with E-state index in [1.807, 2.05) is 0 Å². The first kappa shape index (κ1) is 20.1. The quantitative estimate of drug-likeness (QED) is 0.436. The fourth-order valence-electron chi connectivity index (χ4n) is 3.08. The molecule has 1 heterocycles. The highest BCUT2D eigenvalue weighted by molar-refractivity contribution is 6.09. The van der Waals surface area contributed by atoms with E-state index in [-0.39, 0.29) is 5.56 Å². The molecule has 8 heteroatoms. The van der Waals surface area contributed by atoms with Crippen molar-refractivity contribution in [2.75, 3.05) is 20.3 Å². The minimum atomic E-state index is -1.27. The standard InChI is InChI=1S/C21H20N2O6/c1-21(14-8-4-3-5-9-14)19(26)23(20(27)22-21)12-18(25)29-13-16(24)15-10-6-7-11-17(15)28-2/h3-11H,12-13H2,1-2H3,(H,22,27)/t21-/m0/s1. The normalized spacial score (nSPS) is 18.3. The van der Waals surface area contributed by atoms with Crippen LogP contribution in [0.2, 0.25) is 0 Å². The SMILES string of the molecule is COc1ccccc1C(=O)COC(=O)CN1C(=O)N[C@@](C)(c2ccccc2)C1=O. The zero-order chi connectivity index (χ0) is 21.0. The van der Waals surface area contributed by atoms with Crippen LogP contribution in [0.15, 0.2) is 54.6 Å². The largest absolute Gasteiger partial charge is 0.496 e. The number of ether oxygens (including phenoxy) is 2. The van der Waals surface area contributed by atoms with E-state index in [0.29, 0.717) is 11.3 Å². The van der Waals surface area contributed by atoms with Crippen molar-refractivity contribution in [1.82, 2.24) is 10.2 Å². The van der Waals surface area contributed by atoms with E-state index in [2.05, 4.69) is 5.32 Å². The maximum Gasteiger partial charge on any atom is 0.326 e. The van der Waals surface area contributed by atoms with Crippen LogP contribution in [0.5, 0.6) is 5.75 Å². The van der Waals surface area contributed by atoms with E-state index >= 15 is 0 Å². The summed E-state index contributed by atoms with van der Waals surface area (Å²) in [5, 5.41) is 2.60. The number of hydrogen-bond donors (Lipinski definition) is 1. The number of ketones is 1. The van der Waals surface area contributed by atoms with Crippen LogP contribution in [-0.2, 0) is 19.9 Å². The van der Waals surface area contributed by atoms with E-state index in [0.717, 1.165) is 4.90 Å². The molecule has 1 N–H and O–H groups in total. The third-order valence-corrected chi connectivity index (χ3v) is 4.68. The Hall–Kier alpha value is -3.68. The molecule has 0 radical (unpaired) electrons. The number of Topliss-reactive ketones (excluding diaryl/α,β-unsaturated/α-hetero) is 1. The number of nitrogens with one attached hydrogen (secondary N) is 1. The number of rotatable bonds is 7. The van der Waals surface area contributed by atoms with Crippen LogP contribution in [0.25, 0.3) is 0 Å². The molecule has 0 aromatic heterocycles. The van der Waals surface area contributed by atoms with Gasteiger partial charge in [-0.1, -0.05) is 42.5 Å². The van der Waals surface area contributed by atoms with E-state index in [1.54, 1.807) is 61.5 Å². The van der Waals surface area contributed by atoms with Gasteiger partial charge >= 0.3 is 12.0 Å². The van der Waals surface area contributed by atoms with Gasteiger partial charge in [-0.3, -0.25) is 19.3 Å². The van der Waals surface area contributed by atoms with Gasteiger partial charge in [-0.25, -0.2) is 4.79 Å². The van der Waals surface area contributed by atoms with Gasteiger partial charge in [-0.2, -0.15) is 0 Å². The van der Waals surface area contributed by atoms with Crippen LogP contribution in [0, 0.1) is 0 Å². The number of esters is 1. The zero-order valence-corrected chi connectivity index (χ0v) is 16.0. The van der Waals surface area contributed by atoms with Gasteiger partial charge in [0.1, 0.15) is 17.8 Å². The number of urea groups is 1. The third-order valence-electron chi connectivity index (χ3n) is 4.68. The molecule has 29 heavy (non-hydrogen) atoms. The minimum absolute atomic E-state index is 0.273. The Morgan fingerprint density at radius 1 is 1.03 bits per heavy atom. The van der Waals surface area contributed by atoms with Crippen LogP contribution >= 0.6 is 0 Å². The number of imide groups is 1. The Morgan fingerprint density at radius 2 is 1.69 bits per heavy atom. The number of methoxy groups -OCH3 is 1. The van der Waals surface area contributed by atoms with Crippen LogP contribution in [0.3, 0.4) is 0 Å². The second-order valence-electron chi connectivity index (χ2n) is 6.60. The molecule has 0 aliphatic carbocycles. The first-order chi connectivity index (χ1) is 13.9. The Morgan fingerprint density at radius 3 is 2.38 bits per heavy atom. The number of amides is 3. The van der Waals surface area contributed by atoms with Gasteiger partial charge < -0.3 is 14.8 Å². The van der Waals surface area contributed by atoms with Crippen molar-refractivity contribution in [2.45, 2.75) is 12.5 Å². The lowest BCUT2D eigenvalue weighted by molar-refractivity contribution is -0.146. The van der Waals surface area contributed by atoms with Gasteiger partial charge in [-0.15, -0.1) is 0 Å². The van der Waals surface area contributed by atoms with E-state index in [1.165, 1.54) is 7.11 Å². The van der Waals surface area contributed by atoms with Crippen molar-refractivity contribution < 1.29 is 28.7 Å². The second-order valence-corrected chi connectivity index (χ2v) is 6.60. The molecule has 0 unspecified atom stereocenters. The van der Waals surface area contributed by atoms with Crippen molar-refractivity contribution in [3.63, 3.8) is 0 Å². The van der Waals surface area contributed by atoms with Gasteiger partial charge in [0, 0.05) is 0 Å². The molecular formula is C21H20N2O6. The van der Waals surface area contributed by atoms with Gasteiger partial charge in [0.15, 0.2) is 6.61 Å². The number of hydrogen-bond acceptors (Lipinski definition) is 6. The molecular weight excluding hydrogens is 376 g/mol. The number of nitrogens with zero attached hydrogens (tertiary/aromatic N) is 1. The van der Waals surface area contributed by atoms with Crippen LogP contribution in [0.4, 0.5) is 4.79 Å². The summed E-state index contributed by atoms with van der Waals surface area (Å²) in [5.41, 5.74) is -0.402. The third kappa shape index (κ3) is 3.96. The molecule has 3 rings (SSSR count). The highest BCUT2D eigenvalue weighted by Gasteiger charge is 2.49. The lowest BCUT2D eigenvalue weighted by Gasteiger charge is -2.21. The van der Waals surface area contributed by atoms with Gasteiger partial charge in [-0.05, 0) is 24.6 Å². The predicted octanol–water partition coefficient (Wildman–Crippen LogP) is 1.89. The highest BCUT2D eigenvalue weighted by Crippen LogP contribution is 2.28. The van der Waals surface area contributed by atoms with E-state index < -0.39 is 42.4 Å². The first-order valence-electron chi connectivity index (χ1n) is 8.88. The summed E-state index contributed by atoms with van der Waals surface area (Å²) in [6.07, 6.45) is 0. The maximum absolute atomic E-state index is 12.8. The van der Waals surface area contributed by atoms with Gasteiger partial charge in [0.25, 0.3) is 5.91 Å². The average Bonchev–Trinajstić information content (AvgIpc) is 2.96. The first-order valence-corrected chi connectivity index (χ1v) is 8.88. The summed E-state index contributed by atoms with van der Waals surface area (Å²) in [4.78, 5) is 50.2. The Labute approximate surface area is 167 Å². The molecule has 3 amide bonds. The van der Waals surface area contributed by atoms with Gasteiger partial charge in [0.05, 0.1) is 12.7 Å². The number of para-hydroxylation sites is 1. The second kappa shape index (κ2) is 8.14.